The van der Waals surface area contributed by atoms with Crippen LogP contribution in [0.25, 0.3) is 0 Å². The number of hydrogen-bond acceptors (Lipinski definition) is 4. The van der Waals surface area contributed by atoms with E-state index in [0.29, 0.717) is 19.6 Å². The van der Waals surface area contributed by atoms with Crippen LogP contribution in [0.15, 0.2) is 0 Å². The molecule has 0 aliphatic rings. The van der Waals surface area contributed by atoms with E-state index >= 15 is 0 Å². The Hall–Kier alpha value is -1.24. The van der Waals surface area contributed by atoms with Crippen molar-refractivity contribution < 1.29 is 14.3 Å². The van der Waals surface area contributed by atoms with E-state index in [-0.39, 0.29) is 0 Å². The van der Waals surface area contributed by atoms with E-state index in [0.717, 1.165) is 25.7 Å². The van der Waals surface area contributed by atoms with Crippen LogP contribution in [0.4, 0.5) is 4.79 Å². The molecule has 0 aliphatic heterocycles. The number of carbonyl (C=O) groups excluding carboxylic acids is 1. The molecule has 0 radical (unpaired) electrons. The molecule has 0 saturated heterocycles. The van der Waals surface area contributed by atoms with E-state index in [1.165, 1.54) is 0 Å². The molecule has 0 spiro atoms. The SMILES string of the molecule is CCCCOC(=O)OCCCCC#N. The highest BCUT2D eigenvalue weighted by Crippen LogP contribution is 1.96. The van der Waals surface area contributed by atoms with Crippen molar-refractivity contribution in [3.63, 3.8) is 0 Å². The first-order chi connectivity index (χ1) is 6.81. The van der Waals surface area contributed by atoms with Crippen LogP contribution in [0.1, 0.15) is 39.0 Å². The quantitative estimate of drug-likeness (QED) is 0.467. The molecular weight excluding hydrogens is 182 g/mol. The normalized spacial score (nSPS) is 9.14. The van der Waals surface area contributed by atoms with Gasteiger partial charge in [-0.15, -0.1) is 0 Å². The molecule has 0 rings (SSSR count). The number of nitriles is 1. The minimum atomic E-state index is -0.601. The molecule has 0 unspecified atom stereocenters. The molecule has 0 N–H and O–H groups in total. The largest absolute Gasteiger partial charge is 0.508 e. The Morgan fingerprint density at radius 1 is 1.21 bits per heavy atom. The second kappa shape index (κ2) is 9.85. The first-order valence-electron chi connectivity index (χ1n) is 4.97. The summed E-state index contributed by atoms with van der Waals surface area (Å²) in [7, 11) is 0. The number of unbranched alkanes of at least 4 members (excludes halogenated alkanes) is 3. The molecule has 4 heteroatoms. The second-order valence-electron chi connectivity index (χ2n) is 2.92. The summed E-state index contributed by atoms with van der Waals surface area (Å²) in [5.41, 5.74) is 0. The zero-order valence-electron chi connectivity index (χ0n) is 8.62. The van der Waals surface area contributed by atoms with Crippen LogP contribution in [-0.2, 0) is 9.47 Å². The Kier molecular flexibility index (Phi) is 8.97. The molecule has 4 nitrogen and oxygen atoms in total. The zero-order valence-corrected chi connectivity index (χ0v) is 8.62. The van der Waals surface area contributed by atoms with Gasteiger partial charge in [0.05, 0.1) is 19.3 Å². The van der Waals surface area contributed by atoms with Crippen molar-refractivity contribution in [3.05, 3.63) is 0 Å². The summed E-state index contributed by atoms with van der Waals surface area (Å²) < 4.78 is 9.53. The third-order valence-corrected chi connectivity index (χ3v) is 1.62. The van der Waals surface area contributed by atoms with Gasteiger partial charge in [0.1, 0.15) is 0 Å². The molecule has 0 aliphatic carbocycles. The first kappa shape index (κ1) is 12.8. The third kappa shape index (κ3) is 8.85. The summed E-state index contributed by atoms with van der Waals surface area (Å²) in [6, 6.07) is 2.03. The highest BCUT2D eigenvalue weighted by atomic mass is 16.7. The number of carbonyl (C=O) groups is 1. The molecule has 0 atom stereocenters. The van der Waals surface area contributed by atoms with Crippen molar-refractivity contribution in [2.24, 2.45) is 0 Å². The monoisotopic (exact) mass is 199 g/mol. The van der Waals surface area contributed by atoms with Crippen molar-refractivity contribution >= 4 is 6.16 Å². The summed E-state index contributed by atoms with van der Waals surface area (Å²) in [4.78, 5) is 10.8. The Balaban J connectivity index is 3.15. The topological polar surface area (TPSA) is 59.3 Å². The lowest BCUT2D eigenvalue weighted by molar-refractivity contribution is 0.0534. The summed E-state index contributed by atoms with van der Waals surface area (Å²) >= 11 is 0. The number of hydrogen-bond donors (Lipinski definition) is 0. The maximum Gasteiger partial charge on any atom is 0.508 e. The number of nitrogens with zero attached hydrogens (tertiary/aromatic N) is 1. The van der Waals surface area contributed by atoms with Crippen LogP contribution in [0.5, 0.6) is 0 Å². The number of ether oxygens (including phenoxy) is 2. The van der Waals surface area contributed by atoms with E-state index in [4.69, 9.17) is 14.7 Å². The van der Waals surface area contributed by atoms with E-state index in [2.05, 4.69) is 0 Å². The molecular formula is C10H17NO3. The predicted octanol–water partition coefficient (Wildman–Crippen LogP) is 2.63. The fourth-order valence-corrected chi connectivity index (χ4v) is 0.803. The Morgan fingerprint density at radius 3 is 2.43 bits per heavy atom. The van der Waals surface area contributed by atoms with Crippen molar-refractivity contribution in [1.82, 2.24) is 0 Å². The average molecular weight is 199 g/mol. The molecule has 0 aromatic rings. The van der Waals surface area contributed by atoms with E-state index < -0.39 is 6.16 Å². The lowest BCUT2D eigenvalue weighted by atomic mass is 10.3. The molecule has 0 bridgehead atoms. The van der Waals surface area contributed by atoms with Crippen LogP contribution in [0.2, 0.25) is 0 Å². The maximum atomic E-state index is 10.8. The molecule has 0 aromatic heterocycles. The highest BCUT2D eigenvalue weighted by molar-refractivity contribution is 5.59. The van der Waals surface area contributed by atoms with Gasteiger partial charge in [-0.2, -0.15) is 5.26 Å². The molecule has 14 heavy (non-hydrogen) atoms. The summed E-state index contributed by atoms with van der Waals surface area (Å²) in [5, 5.41) is 8.24. The van der Waals surface area contributed by atoms with Gasteiger partial charge >= 0.3 is 6.16 Å². The Bertz CT molecular complexity index is 186. The molecule has 0 amide bonds. The molecule has 0 aromatic carbocycles. The minimum Gasteiger partial charge on any atom is -0.434 e. The van der Waals surface area contributed by atoms with Crippen molar-refractivity contribution in [2.45, 2.75) is 39.0 Å². The standard InChI is InChI=1S/C10H17NO3/c1-2-3-8-13-10(12)14-9-6-4-5-7-11/h2-6,8-9H2,1H3. The van der Waals surface area contributed by atoms with Crippen LogP contribution in [0, 0.1) is 11.3 Å². The third-order valence-electron chi connectivity index (χ3n) is 1.62. The van der Waals surface area contributed by atoms with Gasteiger partial charge in [0, 0.05) is 6.42 Å². The lowest BCUT2D eigenvalue weighted by Gasteiger charge is -2.04. The van der Waals surface area contributed by atoms with Crippen molar-refractivity contribution in [3.8, 4) is 6.07 Å². The summed E-state index contributed by atoms with van der Waals surface area (Å²) in [5.74, 6) is 0. The smallest absolute Gasteiger partial charge is 0.434 e. The summed E-state index contributed by atoms with van der Waals surface area (Å²) in [6.45, 7) is 2.79. The van der Waals surface area contributed by atoms with Gasteiger partial charge in [-0.1, -0.05) is 13.3 Å². The fourth-order valence-electron chi connectivity index (χ4n) is 0.803. The average Bonchev–Trinajstić information content (AvgIpc) is 2.18. The van der Waals surface area contributed by atoms with Gasteiger partial charge < -0.3 is 9.47 Å². The van der Waals surface area contributed by atoms with Crippen LogP contribution >= 0.6 is 0 Å². The Labute approximate surface area is 84.8 Å². The van der Waals surface area contributed by atoms with E-state index in [1.54, 1.807) is 0 Å². The van der Waals surface area contributed by atoms with Gasteiger partial charge in [0.15, 0.2) is 0 Å². The van der Waals surface area contributed by atoms with Gasteiger partial charge in [-0.3, -0.25) is 0 Å². The van der Waals surface area contributed by atoms with Gasteiger partial charge in [-0.05, 0) is 19.3 Å². The van der Waals surface area contributed by atoms with Gasteiger partial charge in [0.2, 0.25) is 0 Å². The highest BCUT2D eigenvalue weighted by Gasteiger charge is 2.01. The lowest BCUT2D eigenvalue weighted by Crippen LogP contribution is -2.09. The first-order valence-corrected chi connectivity index (χ1v) is 4.97. The van der Waals surface area contributed by atoms with Crippen molar-refractivity contribution in [1.29, 1.82) is 5.26 Å². The van der Waals surface area contributed by atoms with Crippen LogP contribution in [0.3, 0.4) is 0 Å². The van der Waals surface area contributed by atoms with E-state index in [9.17, 15) is 4.79 Å². The molecule has 0 fully saturated rings. The molecule has 0 heterocycles. The van der Waals surface area contributed by atoms with Gasteiger partial charge in [-0.25, -0.2) is 4.79 Å². The fraction of sp³-hybridized carbons (Fsp3) is 0.800. The minimum absolute atomic E-state index is 0.340. The summed E-state index contributed by atoms with van der Waals surface area (Å²) in [6.07, 6.45) is 3.25. The molecule has 80 valence electrons. The predicted molar refractivity (Wildman–Crippen MR) is 51.7 cm³/mol. The zero-order chi connectivity index (χ0) is 10.6. The van der Waals surface area contributed by atoms with Crippen LogP contribution in [-0.4, -0.2) is 19.4 Å². The van der Waals surface area contributed by atoms with Gasteiger partial charge in [0.25, 0.3) is 0 Å². The van der Waals surface area contributed by atoms with E-state index in [1.807, 2.05) is 13.0 Å². The number of rotatable bonds is 7. The Morgan fingerprint density at radius 2 is 1.86 bits per heavy atom. The second-order valence-corrected chi connectivity index (χ2v) is 2.92. The van der Waals surface area contributed by atoms with Crippen molar-refractivity contribution in [2.75, 3.05) is 13.2 Å². The van der Waals surface area contributed by atoms with Crippen LogP contribution < -0.4 is 0 Å². The molecule has 0 saturated carbocycles. The maximum absolute atomic E-state index is 10.8.